The Morgan fingerprint density at radius 2 is 1.77 bits per heavy atom. The lowest BCUT2D eigenvalue weighted by molar-refractivity contribution is -0.152. The second-order valence-electron chi connectivity index (χ2n) is 12.2. The van der Waals surface area contributed by atoms with E-state index in [0.29, 0.717) is 17.6 Å². The van der Waals surface area contributed by atoms with Crippen LogP contribution in [0, 0.1) is 23.2 Å². The Kier molecular flexibility index (Phi) is 14.9. The number of amides is 3. The maximum atomic E-state index is 13.1. The van der Waals surface area contributed by atoms with Gasteiger partial charge in [0.25, 0.3) is 0 Å². The van der Waals surface area contributed by atoms with E-state index in [1.54, 1.807) is 13.1 Å². The van der Waals surface area contributed by atoms with Crippen molar-refractivity contribution in [1.82, 2.24) is 15.1 Å². The SMILES string of the molecule is CC[C@@H](c1cccc(OC(=O)N(C)CC(C)(C)CNC(=O)[C@@H](CCCN=C(N)N)C(C(N)=O)C(=O)O)c1)[C@@H](C)CN(C)C. The first-order valence-corrected chi connectivity index (χ1v) is 14.5. The Morgan fingerprint density at radius 3 is 2.30 bits per heavy atom. The molecule has 0 aliphatic heterocycles. The summed E-state index contributed by atoms with van der Waals surface area (Å²) in [5, 5.41) is 12.3. The van der Waals surface area contributed by atoms with Crippen LogP contribution in [-0.2, 0) is 14.4 Å². The molecule has 13 nitrogen and oxygen atoms in total. The lowest BCUT2D eigenvalue weighted by atomic mass is 9.85. The second-order valence-corrected chi connectivity index (χ2v) is 12.2. The van der Waals surface area contributed by atoms with Gasteiger partial charge in [-0.05, 0) is 68.3 Å². The number of nitrogens with one attached hydrogen (secondary N) is 1. The van der Waals surface area contributed by atoms with Crippen LogP contribution in [0.25, 0.3) is 0 Å². The number of nitrogens with zero attached hydrogens (tertiary/aromatic N) is 3. The van der Waals surface area contributed by atoms with Crippen molar-refractivity contribution in [3.05, 3.63) is 29.8 Å². The first kappa shape index (κ1) is 37.2. The maximum absolute atomic E-state index is 13.1. The predicted octanol–water partition coefficient (Wildman–Crippen LogP) is 1.81. The van der Waals surface area contributed by atoms with E-state index in [1.807, 2.05) is 40.1 Å². The molecule has 0 spiro atoms. The van der Waals surface area contributed by atoms with Crippen LogP contribution in [0.4, 0.5) is 4.79 Å². The van der Waals surface area contributed by atoms with Crippen LogP contribution in [0.3, 0.4) is 0 Å². The van der Waals surface area contributed by atoms with Gasteiger partial charge in [0.1, 0.15) is 11.7 Å². The maximum Gasteiger partial charge on any atom is 0.414 e. The number of guanidine groups is 1. The molecule has 8 N–H and O–H groups in total. The summed E-state index contributed by atoms with van der Waals surface area (Å²) in [6, 6.07) is 7.58. The Bertz CT molecular complexity index is 1110. The molecule has 242 valence electrons. The molecule has 0 bridgehead atoms. The Morgan fingerprint density at radius 1 is 1.12 bits per heavy atom. The van der Waals surface area contributed by atoms with Crippen LogP contribution in [0.1, 0.15) is 58.4 Å². The highest BCUT2D eigenvalue weighted by molar-refractivity contribution is 6.00. The van der Waals surface area contributed by atoms with E-state index in [-0.39, 0.29) is 38.4 Å². The zero-order valence-corrected chi connectivity index (χ0v) is 26.6. The van der Waals surface area contributed by atoms with Crippen molar-refractivity contribution in [1.29, 1.82) is 0 Å². The molecule has 0 aromatic heterocycles. The molecule has 1 unspecified atom stereocenters. The highest BCUT2D eigenvalue weighted by Gasteiger charge is 2.38. The molecule has 4 atom stereocenters. The molecule has 0 saturated heterocycles. The molecule has 0 saturated carbocycles. The molecule has 0 heterocycles. The lowest BCUT2D eigenvalue weighted by Gasteiger charge is -2.31. The van der Waals surface area contributed by atoms with Crippen LogP contribution in [0.2, 0.25) is 0 Å². The van der Waals surface area contributed by atoms with Gasteiger partial charge in [0.05, 0.1) is 5.92 Å². The summed E-state index contributed by atoms with van der Waals surface area (Å²) in [4.78, 5) is 57.1. The second kappa shape index (κ2) is 17.3. The minimum Gasteiger partial charge on any atom is -0.481 e. The number of primary amides is 1. The number of hydrogen-bond acceptors (Lipinski definition) is 7. The molecule has 1 aromatic rings. The third-order valence-electron chi connectivity index (χ3n) is 7.27. The fraction of sp³-hybridized carbons (Fsp3) is 0.633. The van der Waals surface area contributed by atoms with Gasteiger partial charge in [-0.2, -0.15) is 0 Å². The third-order valence-corrected chi connectivity index (χ3v) is 7.27. The number of aliphatic imine (C=N–C) groups is 1. The van der Waals surface area contributed by atoms with E-state index in [2.05, 4.69) is 35.1 Å². The normalized spacial score (nSPS) is 14.2. The average molecular weight is 606 g/mol. The van der Waals surface area contributed by atoms with Crippen molar-refractivity contribution >= 4 is 29.8 Å². The van der Waals surface area contributed by atoms with E-state index >= 15 is 0 Å². The van der Waals surface area contributed by atoms with E-state index in [9.17, 15) is 24.3 Å². The molecule has 1 rings (SSSR count). The topological polar surface area (TPSA) is 207 Å². The molecule has 0 fully saturated rings. The minimum absolute atomic E-state index is 0.0288. The van der Waals surface area contributed by atoms with Gasteiger partial charge >= 0.3 is 12.1 Å². The van der Waals surface area contributed by atoms with Crippen LogP contribution in [0.5, 0.6) is 5.75 Å². The molecule has 1 aromatic carbocycles. The number of carbonyl (C=O) groups is 4. The molecule has 3 amide bonds. The molecule has 0 radical (unpaired) electrons. The fourth-order valence-electron chi connectivity index (χ4n) is 5.34. The van der Waals surface area contributed by atoms with Gasteiger partial charge in [-0.15, -0.1) is 0 Å². The fourth-order valence-corrected chi connectivity index (χ4v) is 5.34. The molecular weight excluding hydrogens is 554 g/mol. The highest BCUT2D eigenvalue weighted by Crippen LogP contribution is 2.31. The molecular formula is C30H51N7O6. The zero-order valence-electron chi connectivity index (χ0n) is 26.6. The summed E-state index contributed by atoms with van der Waals surface area (Å²) in [7, 11) is 5.70. The van der Waals surface area contributed by atoms with Crippen molar-refractivity contribution in [2.75, 3.05) is 47.3 Å². The smallest absolute Gasteiger partial charge is 0.414 e. The summed E-state index contributed by atoms with van der Waals surface area (Å²) < 4.78 is 5.68. The van der Waals surface area contributed by atoms with E-state index < -0.39 is 41.1 Å². The van der Waals surface area contributed by atoms with Crippen molar-refractivity contribution in [3.8, 4) is 5.75 Å². The molecule has 0 aliphatic rings. The summed E-state index contributed by atoms with van der Waals surface area (Å²) in [6.45, 7) is 9.45. The van der Waals surface area contributed by atoms with Crippen molar-refractivity contribution in [3.63, 3.8) is 0 Å². The van der Waals surface area contributed by atoms with Crippen molar-refractivity contribution in [2.24, 2.45) is 45.4 Å². The number of hydrogen-bond donors (Lipinski definition) is 5. The van der Waals surface area contributed by atoms with Gasteiger partial charge in [0.2, 0.25) is 11.8 Å². The Balaban J connectivity index is 2.88. The number of benzene rings is 1. The summed E-state index contributed by atoms with van der Waals surface area (Å²) in [5.74, 6) is -5.14. The van der Waals surface area contributed by atoms with Crippen LogP contribution >= 0.6 is 0 Å². The van der Waals surface area contributed by atoms with Gasteiger partial charge in [-0.1, -0.05) is 39.8 Å². The van der Waals surface area contributed by atoms with Crippen LogP contribution in [0.15, 0.2) is 29.3 Å². The van der Waals surface area contributed by atoms with Gasteiger partial charge in [-0.25, -0.2) is 4.79 Å². The van der Waals surface area contributed by atoms with Gasteiger partial charge < -0.3 is 42.2 Å². The Labute approximate surface area is 255 Å². The summed E-state index contributed by atoms with van der Waals surface area (Å²) >= 11 is 0. The quantitative estimate of drug-likeness (QED) is 0.0714. The molecule has 13 heteroatoms. The number of carboxylic acids is 1. The minimum atomic E-state index is -1.71. The average Bonchev–Trinajstić information content (AvgIpc) is 2.88. The standard InChI is InChI=1S/C30H51N7O6/c1-8-22(19(2)16-36(5)6)20-11-9-12-21(15-20)43-29(42)37(7)18-30(3,4)17-35-26(39)23(13-10-14-34-28(32)33)24(25(31)38)27(40)41/h9,11-12,15,19,22-24H,8,10,13-14,16-18H2,1-7H3,(H2,31,38)(H,35,39)(H,40,41)(H4,32,33,34)/t19-,22+,23-,24?/m0/s1. The number of ether oxygens (including phenoxy) is 1. The zero-order chi connectivity index (χ0) is 32.9. The highest BCUT2D eigenvalue weighted by atomic mass is 16.6. The summed E-state index contributed by atoms with van der Waals surface area (Å²) in [5.41, 5.74) is 16.4. The van der Waals surface area contributed by atoms with Gasteiger partial charge in [-0.3, -0.25) is 19.4 Å². The lowest BCUT2D eigenvalue weighted by Crippen LogP contribution is -2.48. The number of carbonyl (C=O) groups excluding carboxylic acids is 3. The summed E-state index contributed by atoms with van der Waals surface area (Å²) in [6.07, 6.45) is 0.694. The van der Waals surface area contributed by atoms with E-state index in [0.717, 1.165) is 18.5 Å². The number of carboxylic acid groups (broad SMARTS) is 1. The Hall–Kier alpha value is -3.87. The van der Waals surface area contributed by atoms with Crippen LogP contribution < -0.4 is 27.3 Å². The predicted molar refractivity (Wildman–Crippen MR) is 166 cm³/mol. The molecule has 0 aliphatic carbocycles. The van der Waals surface area contributed by atoms with Crippen molar-refractivity contribution in [2.45, 2.75) is 52.9 Å². The number of nitrogens with two attached hydrogens (primary N) is 3. The van der Waals surface area contributed by atoms with Gasteiger partial charge in [0, 0.05) is 33.2 Å². The first-order chi connectivity index (χ1) is 20.0. The monoisotopic (exact) mass is 605 g/mol. The third kappa shape index (κ3) is 12.9. The van der Waals surface area contributed by atoms with Crippen LogP contribution in [-0.4, -0.2) is 92.1 Å². The molecule has 43 heavy (non-hydrogen) atoms. The number of rotatable bonds is 18. The van der Waals surface area contributed by atoms with Crippen molar-refractivity contribution < 1.29 is 29.0 Å². The van der Waals surface area contributed by atoms with Gasteiger partial charge in [0.15, 0.2) is 5.96 Å². The van der Waals surface area contributed by atoms with E-state index in [1.165, 1.54) is 4.90 Å². The number of aliphatic carboxylic acids is 1. The largest absolute Gasteiger partial charge is 0.481 e. The first-order valence-electron chi connectivity index (χ1n) is 14.5. The van der Waals surface area contributed by atoms with E-state index in [4.69, 9.17) is 21.9 Å².